The smallest absolute Gasteiger partial charge is 0.354 e. The summed E-state index contributed by atoms with van der Waals surface area (Å²) in [7, 11) is 0. The molecule has 2 heterocycles. The molecule has 0 saturated heterocycles. The third-order valence-corrected chi connectivity index (χ3v) is 3.67. The van der Waals surface area contributed by atoms with Crippen LogP contribution in [0.25, 0.3) is 0 Å². The van der Waals surface area contributed by atoms with Gasteiger partial charge in [-0.3, -0.25) is 0 Å². The van der Waals surface area contributed by atoms with Gasteiger partial charge < -0.3 is 5.32 Å². The van der Waals surface area contributed by atoms with Crippen molar-refractivity contribution in [3.63, 3.8) is 0 Å². The van der Waals surface area contributed by atoms with E-state index in [1.165, 1.54) is 4.68 Å². The first kappa shape index (κ1) is 13.9. The molecule has 2 aromatic rings. The van der Waals surface area contributed by atoms with Crippen LogP contribution in [-0.4, -0.2) is 21.3 Å². The number of aryl methyl sites for hydroxylation is 2. The second-order valence-electron chi connectivity index (χ2n) is 5.29. The van der Waals surface area contributed by atoms with Crippen LogP contribution in [0, 0.1) is 13.8 Å². The monoisotopic (exact) mass is 296 g/mol. The van der Waals surface area contributed by atoms with Gasteiger partial charge in [0.05, 0.1) is 6.04 Å². The van der Waals surface area contributed by atoms with E-state index in [-0.39, 0.29) is 12.0 Å². The molecule has 7 heteroatoms. The lowest BCUT2D eigenvalue weighted by Gasteiger charge is -2.26. The molecule has 1 atom stereocenters. The molecule has 0 saturated carbocycles. The molecule has 0 fully saturated rings. The summed E-state index contributed by atoms with van der Waals surface area (Å²) in [5, 5.41) is 6.54. The third-order valence-electron chi connectivity index (χ3n) is 3.67. The van der Waals surface area contributed by atoms with Gasteiger partial charge in [-0.2, -0.15) is 18.2 Å². The minimum absolute atomic E-state index is 0.179. The number of nitrogens with zero attached hydrogens (tertiary/aromatic N) is 3. The van der Waals surface area contributed by atoms with Gasteiger partial charge in [0.25, 0.3) is 5.82 Å². The van der Waals surface area contributed by atoms with Crippen LogP contribution in [-0.2, 0) is 6.18 Å². The highest BCUT2D eigenvalue weighted by atomic mass is 19.4. The van der Waals surface area contributed by atoms with Gasteiger partial charge in [-0.1, -0.05) is 23.8 Å². The van der Waals surface area contributed by atoms with E-state index in [0.29, 0.717) is 13.0 Å². The van der Waals surface area contributed by atoms with Gasteiger partial charge in [0.1, 0.15) is 0 Å². The molecule has 1 aliphatic rings. The summed E-state index contributed by atoms with van der Waals surface area (Å²) in [5.74, 6) is -0.916. The van der Waals surface area contributed by atoms with Gasteiger partial charge in [-0.25, -0.2) is 4.68 Å². The number of hydrogen-bond acceptors (Lipinski definition) is 3. The summed E-state index contributed by atoms with van der Waals surface area (Å²) >= 11 is 0. The Labute approximate surface area is 120 Å². The van der Waals surface area contributed by atoms with Crippen molar-refractivity contribution in [2.75, 3.05) is 11.9 Å². The van der Waals surface area contributed by atoms with E-state index in [9.17, 15) is 13.2 Å². The first-order valence-corrected chi connectivity index (χ1v) is 6.71. The zero-order chi connectivity index (χ0) is 15.2. The van der Waals surface area contributed by atoms with Gasteiger partial charge in [0.15, 0.2) is 0 Å². The quantitative estimate of drug-likeness (QED) is 0.878. The number of nitrogens with one attached hydrogen (secondary N) is 1. The molecule has 0 amide bonds. The average molecular weight is 296 g/mol. The van der Waals surface area contributed by atoms with Crippen molar-refractivity contribution < 1.29 is 13.2 Å². The number of benzene rings is 1. The van der Waals surface area contributed by atoms with Crippen LogP contribution in [0.15, 0.2) is 18.2 Å². The molecule has 1 N–H and O–H groups in total. The number of alkyl halides is 3. The Morgan fingerprint density at radius 3 is 2.71 bits per heavy atom. The fourth-order valence-electron chi connectivity index (χ4n) is 2.71. The maximum atomic E-state index is 12.8. The number of halogens is 3. The molecular weight excluding hydrogens is 281 g/mol. The largest absolute Gasteiger partial charge is 0.453 e. The maximum absolute atomic E-state index is 12.8. The molecule has 1 aromatic carbocycles. The number of anilines is 1. The second kappa shape index (κ2) is 4.75. The normalized spacial score (nSPS) is 18.2. The van der Waals surface area contributed by atoms with E-state index in [0.717, 1.165) is 16.7 Å². The Balaban J connectivity index is 2.06. The molecule has 1 unspecified atom stereocenters. The Hall–Kier alpha value is -2.05. The standard InChI is InChI=1S/C14H15F3N4/c1-8-3-4-10(9(2)7-8)11-5-6-18-13-19-12(14(15,16)17)20-21(11)13/h3-4,7,11H,5-6H2,1-2H3,(H,18,19,20). The van der Waals surface area contributed by atoms with Crippen molar-refractivity contribution in [3.8, 4) is 0 Å². The Morgan fingerprint density at radius 2 is 2.05 bits per heavy atom. The van der Waals surface area contributed by atoms with Crippen LogP contribution in [0.5, 0.6) is 0 Å². The van der Waals surface area contributed by atoms with E-state index in [2.05, 4.69) is 15.4 Å². The molecule has 4 nitrogen and oxygen atoms in total. The highest BCUT2D eigenvalue weighted by molar-refractivity contribution is 5.38. The molecule has 112 valence electrons. The van der Waals surface area contributed by atoms with Crippen molar-refractivity contribution >= 4 is 5.95 Å². The summed E-state index contributed by atoms with van der Waals surface area (Å²) in [6.07, 6.45) is -3.85. The molecule has 0 radical (unpaired) electrons. The van der Waals surface area contributed by atoms with Crippen LogP contribution in [0.4, 0.5) is 19.1 Å². The number of aromatic nitrogens is 3. The van der Waals surface area contributed by atoms with E-state index in [1.807, 2.05) is 32.0 Å². The van der Waals surface area contributed by atoms with Gasteiger partial charge in [0.2, 0.25) is 5.95 Å². The topological polar surface area (TPSA) is 42.7 Å². The van der Waals surface area contributed by atoms with Crippen LogP contribution in [0.1, 0.15) is 35.0 Å². The van der Waals surface area contributed by atoms with Crippen molar-refractivity contribution in [3.05, 3.63) is 40.7 Å². The maximum Gasteiger partial charge on any atom is 0.453 e. The zero-order valence-corrected chi connectivity index (χ0v) is 11.7. The van der Waals surface area contributed by atoms with Crippen LogP contribution < -0.4 is 5.32 Å². The lowest BCUT2D eigenvalue weighted by Crippen LogP contribution is -2.25. The lowest BCUT2D eigenvalue weighted by molar-refractivity contribution is -0.145. The molecular formula is C14H15F3N4. The molecule has 3 rings (SSSR count). The van der Waals surface area contributed by atoms with Crippen molar-refractivity contribution in [2.24, 2.45) is 0 Å². The molecule has 1 aromatic heterocycles. The summed E-state index contributed by atoms with van der Waals surface area (Å²) < 4.78 is 39.7. The van der Waals surface area contributed by atoms with Gasteiger partial charge in [-0.15, -0.1) is 5.10 Å². The summed E-state index contributed by atoms with van der Waals surface area (Å²) in [6, 6.07) is 5.73. The summed E-state index contributed by atoms with van der Waals surface area (Å²) in [6.45, 7) is 4.53. The van der Waals surface area contributed by atoms with Gasteiger partial charge in [0, 0.05) is 6.54 Å². The highest BCUT2D eigenvalue weighted by Crippen LogP contribution is 2.34. The molecule has 1 aliphatic heterocycles. The van der Waals surface area contributed by atoms with Crippen LogP contribution >= 0.6 is 0 Å². The summed E-state index contributed by atoms with van der Waals surface area (Å²) in [5.41, 5.74) is 3.17. The summed E-state index contributed by atoms with van der Waals surface area (Å²) in [4.78, 5) is 3.56. The van der Waals surface area contributed by atoms with Crippen molar-refractivity contribution in [2.45, 2.75) is 32.5 Å². The van der Waals surface area contributed by atoms with Crippen LogP contribution in [0.2, 0.25) is 0 Å². The minimum atomic E-state index is -4.53. The lowest BCUT2D eigenvalue weighted by atomic mass is 9.96. The fraction of sp³-hybridized carbons (Fsp3) is 0.429. The predicted molar refractivity (Wildman–Crippen MR) is 72.2 cm³/mol. The highest BCUT2D eigenvalue weighted by Gasteiger charge is 2.39. The van der Waals surface area contributed by atoms with E-state index < -0.39 is 12.0 Å². The molecule has 0 aliphatic carbocycles. The number of rotatable bonds is 1. The van der Waals surface area contributed by atoms with Crippen molar-refractivity contribution in [1.82, 2.24) is 14.8 Å². The van der Waals surface area contributed by atoms with Crippen molar-refractivity contribution in [1.29, 1.82) is 0 Å². The Morgan fingerprint density at radius 1 is 1.29 bits per heavy atom. The third kappa shape index (κ3) is 2.48. The Kier molecular flexibility index (Phi) is 3.15. The molecule has 21 heavy (non-hydrogen) atoms. The first-order valence-electron chi connectivity index (χ1n) is 6.71. The number of fused-ring (bicyclic) bond motifs is 1. The van der Waals surface area contributed by atoms with E-state index >= 15 is 0 Å². The first-order chi connectivity index (χ1) is 9.86. The second-order valence-corrected chi connectivity index (χ2v) is 5.29. The van der Waals surface area contributed by atoms with Gasteiger partial charge >= 0.3 is 6.18 Å². The average Bonchev–Trinajstić information content (AvgIpc) is 2.82. The van der Waals surface area contributed by atoms with Crippen LogP contribution in [0.3, 0.4) is 0 Å². The SMILES string of the molecule is Cc1ccc(C2CCNc3nc(C(F)(F)F)nn32)c(C)c1. The van der Waals surface area contributed by atoms with Gasteiger partial charge in [-0.05, 0) is 31.4 Å². The Bertz CT molecular complexity index is 675. The molecule has 0 spiro atoms. The predicted octanol–water partition coefficient (Wildman–Crippen LogP) is 3.32. The minimum Gasteiger partial charge on any atom is -0.354 e. The van der Waals surface area contributed by atoms with E-state index in [1.54, 1.807) is 0 Å². The number of hydrogen-bond donors (Lipinski definition) is 1. The molecule has 0 bridgehead atoms. The van der Waals surface area contributed by atoms with E-state index in [4.69, 9.17) is 0 Å². The zero-order valence-electron chi connectivity index (χ0n) is 11.7. The fourth-order valence-corrected chi connectivity index (χ4v) is 2.71.